The zero-order valence-corrected chi connectivity index (χ0v) is 13.6. The van der Waals surface area contributed by atoms with Crippen molar-refractivity contribution in [3.8, 4) is 0 Å². The highest BCUT2D eigenvalue weighted by Gasteiger charge is 2.11. The van der Waals surface area contributed by atoms with Gasteiger partial charge in [-0.3, -0.25) is 0 Å². The third kappa shape index (κ3) is 4.60. The van der Waals surface area contributed by atoms with Gasteiger partial charge in [0.25, 0.3) is 0 Å². The maximum Gasteiger partial charge on any atom is 0.131 e. The first-order chi connectivity index (χ1) is 9.85. The first-order valence-corrected chi connectivity index (χ1v) is 7.28. The van der Waals surface area contributed by atoms with Crippen molar-refractivity contribution in [2.75, 3.05) is 11.9 Å². The number of aromatic nitrogens is 1. The van der Waals surface area contributed by atoms with Gasteiger partial charge in [0, 0.05) is 37.4 Å². The van der Waals surface area contributed by atoms with E-state index in [0.717, 1.165) is 24.5 Å². The van der Waals surface area contributed by atoms with E-state index in [9.17, 15) is 0 Å². The number of pyridine rings is 1. The Morgan fingerprint density at radius 1 is 1.29 bits per heavy atom. The van der Waals surface area contributed by atoms with Crippen LogP contribution in [-0.2, 0) is 13.1 Å². The van der Waals surface area contributed by atoms with E-state index in [2.05, 4.69) is 56.0 Å². The number of hydrogen-bond donors (Lipinski definition) is 1. The van der Waals surface area contributed by atoms with Gasteiger partial charge in [-0.15, -0.1) is 0 Å². The largest absolute Gasteiger partial charge is 0.472 e. The van der Waals surface area contributed by atoms with E-state index in [1.165, 1.54) is 11.1 Å². The van der Waals surface area contributed by atoms with Crippen LogP contribution in [0.4, 0.5) is 5.82 Å². The molecule has 114 valence electrons. The summed E-state index contributed by atoms with van der Waals surface area (Å²) in [5.41, 5.74) is 3.67. The molecule has 0 spiro atoms. The number of furan rings is 1. The number of nitrogens with zero attached hydrogens (tertiary/aromatic N) is 2. The minimum absolute atomic E-state index is 0.116. The van der Waals surface area contributed by atoms with Gasteiger partial charge >= 0.3 is 0 Å². The molecule has 0 saturated carbocycles. The second-order valence-corrected chi connectivity index (χ2v) is 6.58. The first kappa shape index (κ1) is 15.6. The van der Waals surface area contributed by atoms with Crippen LogP contribution in [0, 0.1) is 6.92 Å². The van der Waals surface area contributed by atoms with E-state index in [-0.39, 0.29) is 5.54 Å². The molecule has 1 N–H and O–H groups in total. The summed E-state index contributed by atoms with van der Waals surface area (Å²) in [5, 5.41) is 3.48. The SMILES string of the molecule is Cc1cc(CNC(C)(C)C)cnc1N(C)Cc1ccoc1. The summed E-state index contributed by atoms with van der Waals surface area (Å²) in [6.07, 6.45) is 5.42. The molecular weight excluding hydrogens is 262 g/mol. The zero-order chi connectivity index (χ0) is 15.5. The van der Waals surface area contributed by atoms with Gasteiger partial charge in [0.05, 0.1) is 12.5 Å². The second-order valence-electron chi connectivity index (χ2n) is 6.58. The smallest absolute Gasteiger partial charge is 0.131 e. The normalized spacial score (nSPS) is 11.7. The number of anilines is 1. The monoisotopic (exact) mass is 287 g/mol. The highest BCUT2D eigenvalue weighted by Crippen LogP contribution is 2.19. The van der Waals surface area contributed by atoms with Crippen molar-refractivity contribution < 1.29 is 4.42 Å². The van der Waals surface area contributed by atoms with Crippen LogP contribution < -0.4 is 10.2 Å². The van der Waals surface area contributed by atoms with E-state index in [4.69, 9.17) is 4.42 Å². The molecule has 0 aliphatic heterocycles. The van der Waals surface area contributed by atoms with Crippen LogP contribution >= 0.6 is 0 Å². The van der Waals surface area contributed by atoms with Crippen LogP contribution in [0.15, 0.2) is 35.3 Å². The van der Waals surface area contributed by atoms with Gasteiger partial charge in [-0.1, -0.05) is 0 Å². The molecule has 0 amide bonds. The fraction of sp³-hybridized carbons (Fsp3) is 0.471. The molecule has 0 aliphatic carbocycles. The standard InChI is InChI=1S/C17H25N3O/c1-13-8-15(10-19-17(2,3)4)9-18-16(13)20(5)11-14-6-7-21-12-14/h6-9,12,19H,10-11H2,1-5H3. The molecule has 0 fully saturated rings. The van der Waals surface area contributed by atoms with E-state index in [1.807, 2.05) is 12.3 Å². The molecule has 2 rings (SSSR count). The lowest BCUT2D eigenvalue weighted by molar-refractivity contribution is 0.424. The fourth-order valence-corrected chi connectivity index (χ4v) is 2.22. The molecule has 0 unspecified atom stereocenters. The summed E-state index contributed by atoms with van der Waals surface area (Å²) in [7, 11) is 2.05. The van der Waals surface area contributed by atoms with Crippen molar-refractivity contribution in [3.05, 3.63) is 47.5 Å². The van der Waals surface area contributed by atoms with Crippen molar-refractivity contribution in [2.24, 2.45) is 0 Å². The summed E-state index contributed by atoms with van der Waals surface area (Å²) in [6, 6.07) is 4.18. The lowest BCUT2D eigenvalue weighted by Crippen LogP contribution is -2.35. The number of rotatable bonds is 5. The Balaban J connectivity index is 2.04. The molecule has 2 aromatic rings. The summed E-state index contributed by atoms with van der Waals surface area (Å²) in [6.45, 7) is 10.2. The Hall–Kier alpha value is -1.81. The fourth-order valence-electron chi connectivity index (χ4n) is 2.22. The van der Waals surface area contributed by atoms with Gasteiger partial charge in [-0.25, -0.2) is 4.98 Å². The number of aryl methyl sites for hydroxylation is 1. The average Bonchev–Trinajstić information content (AvgIpc) is 2.88. The Morgan fingerprint density at radius 2 is 2.05 bits per heavy atom. The summed E-state index contributed by atoms with van der Waals surface area (Å²) < 4.78 is 5.11. The van der Waals surface area contributed by atoms with Crippen LogP contribution in [0.1, 0.15) is 37.5 Å². The van der Waals surface area contributed by atoms with Gasteiger partial charge in [-0.05, 0) is 51.0 Å². The van der Waals surface area contributed by atoms with Crippen molar-refractivity contribution in [1.29, 1.82) is 0 Å². The van der Waals surface area contributed by atoms with E-state index >= 15 is 0 Å². The first-order valence-electron chi connectivity index (χ1n) is 7.28. The second kappa shape index (κ2) is 6.31. The highest BCUT2D eigenvalue weighted by atomic mass is 16.3. The zero-order valence-electron chi connectivity index (χ0n) is 13.6. The topological polar surface area (TPSA) is 41.3 Å². The minimum atomic E-state index is 0.116. The quantitative estimate of drug-likeness (QED) is 0.913. The van der Waals surface area contributed by atoms with Crippen LogP contribution in [-0.4, -0.2) is 17.6 Å². The maximum absolute atomic E-state index is 5.11. The molecule has 0 atom stereocenters. The van der Waals surface area contributed by atoms with Gasteiger partial charge in [0.15, 0.2) is 0 Å². The molecule has 0 bridgehead atoms. The molecule has 4 heteroatoms. The van der Waals surface area contributed by atoms with Crippen LogP contribution in [0.3, 0.4) is 0 Å². The molecule has 21 heavy (non-hydrogen) atoms. The molecule has 2 heterocycles. The van der Waals surface area contributed by atoms with Crippen molar-refractivity contribution in [3.63, 3.8) is 0 Å². The third-order valence-electron chi connectivity index (χ3n) is 3.29. The Bertz CT molecular complexity index is 570. The van der Waals surface area contributed by atoms with Gasteiger partial charge in [0.2, 0.25) is 0 Å². The van der Waals surface area contributed by atoms with E-state index in [0.29, 0.717) is 0 Å². The van der Waals surface area contributed by atoms with Crippen LogP contribution in [0.25, 0.3) is 0 Å². The molecule has 0 saturated heterocycles. The Morgan fingerprint density at radius 3 is 2.62 bits per heavy atom. The predicted molar refractivity (Wildman–Crippen MR) is 86.4 cm³/mol. The average molecular weight is 287 g/mol. The van der Waals surface area contributed by atoms with Crippen LogP contribution in [0.2, 0.25) is 0 Å². The lowest BCUT2D eigenvalue weighted by atomic mass is 10.1. The molecular formula is C17H25N3O. The van der Waals surface area contributed by atoms with E-state index < -0.39 is 0 Å². The summed E-state index contributed by atoms with van der Waals surface area (Å²) in [5.74, 6) is 1.01. The Kier molecular flexibility index (Phi) is 4.68. The summed E-state index contributed by atoms with van der Waals surface area (Å²) >= 11 is 0. The molecule has 2 aromatic heterocycles. The highest BCUT2D eigenvalue weighted by molar-refractivity contribution is 5.47. The van der Waals surface area contributed by atoms with Crippen LogP contribution in [0.5, 0.6) is 0 Å². The van der Waals surface area contributed by atoms with Gasteiger partial charge < -0.3 is 14.6 Å². The number of hydrogen-bond acceptors (Lipinski definition) is 4. The molecule has 4 nitrogen and oxygen atoms in total. The summed E-state index contributed by atoms with van der Waals surface area (Å²) in [4.78, 5) is 6.75. The number of nitrogens with one attached hydrogen (secondary N) is 1. The van der Waals surface area contributed by atoms with Gasteiger partial charge in [0.1, 0.15) is 5.82 Å². The molecule has 0 radical (unpaired) electrons. The molecule has 0 aliphatic rings. The minimum Gasteiger partial charge on any atom is -0.472 e. The third-order valence-corrected chi connectivity index (χ3v) is 3.29. The molecule has 0 aromatic carbocycles. The Labute approximate surface area is 127 Å². The maximum atomic E-state index is 5.11. The van der Waals surface area contributed by atoms with Crippen molar-refractivity contribution >= 4 is 5.82 Å². The lowest BCUT2D eigenvalue weighted by Gasteiger charge is -2.22. The predicted octanol–water partition coefficient (Wildman–Crippen LogP) is 3.51. The van der Waals surface area contributed by atoms with Crippen molar-refractivity contribution in [1.82, 2.24) is 10.3 Å². The van der Waals surface area contributed by atoms with Crippen molar-refractivity contribution in [2.45, 2.75) is 46.3 Å². The van der Waals surface area contributed by atoms with E-state index in [1.54, 1.807) is 12.5 Å². The van der Waals surface area contributed by atoms with Gasteiger partial charge in [-0.2, -0.15) is 0 Å².